The van der Waals surface area contributed by atoms with E-state index in [2.05, 4.69) is 19.0 Å². The number of hydrogen-bond acceptors (Lipinski definition) is 6. The standard InChI is InChI=1S/C26H29NO5/c1-18-14-21(24(15-19(18)2)25(27-30-4)26(28)29-3)17-32-23-12-10-22(11-13-23)31-16-20-8-6-5-7-9-20/h5-13H,14-17H2,1-4H3. The Balaban J connectivity index is 1.69. The molecule has 0 aromatic heterocycles. The fourth-order valence-electron chi connectivity index (χ4n) is 3.46. The van der Waals surface area contributed by atoms with Gasteiger partial charge in [0.1, 0.15) is 31.8 Å². The SMILES string of the molecule is CON=C(C(=O)OC)C1=C(COc2ccc(OCc3ccccc3)cc2)CC(C)=C(C)C1. The van der Waals surface area contributed by atoms with E-state index < -0.39 is 5.97 Å². The fourth-order valence-corrected chi connectivity index (χ4v) is 3.46. The first-order chi connectivity index (χ1) is 15.5. The molecule has 168 valence electrons. The molecule has 0 saturated carbocycles. The molecular formula is C26H29NO5. The number of oxime groups is 1. The molecule has 1 aliphatic carbocycles. The molecule has 2 aromatic carbocycles. The maximum Gasteiger partial charge on any atom is 0.360 e. The molecule has 0 radical (unpaired) electrons. The highest BCUT2D eigenvalue weighted by atomic mass is 16.6. The van der Waals surface area contributed by atoms with Crippen LogP contribution in [-0.2, 0) is 21.0 Å². The van der Waals surface area contributed by atoms with Gasteiger partial charge in [0.2, 0.25) is 0 Å². The second-order valence-electron chi connectivity index (χ2n) is 7.64. The zero-order chi connectivity index (χ0) is 22.9. The largest absolute Gasteiger partial charge is 0.489 e. The Morgan fingerprint density at radius 1 is 0.844 bits per heavy atom. The summed E-state index contributed by atoms with van der Waals surface area (Å²) in [5, 5.41) is 3.93. The first kappa shape index (κ1) is 23.1. The van der Waals surface area contributed by atoms with Gasteiger partial charge in [-0.2, -0.15) is 0 Å². The normalized spacial score (nSPS) is 14.3. The van der Waals surface area contributed by atoms with Crippen LogP contribution >= 0.6 is 0 Å². The first-order valence-electron chi connectivity index (χ1n) is 10.5. The molecule has 6 nitrogen and oxygen atoms in total. The van der Waals surface area contributed by atoms with Crippen molar-refractivity contribution in [2.45, 2.75) is 33.3 Å². The van der Waals surface area contributed by atoms with Crippen molar-refractivity contribution in [1.29, 1.82) is 0 Å². The Morgan fingerprint density at radius 3 is 2.03 bits per heavy atom. The van der Waals surface area contributed by atoms with Gasteiger partial charge in [0.25, 0.3) is 0 Å². The van der Waals surface area contributed by atoms with E-state index in [4.69, 9.17) is 19.0 Å². The van der Waals surface area contributed by atoms with E-state index in [0.717, 1.165) is 28.2 Å². The molecule has 0 fully saturated rings. The Morgan fingerprint density at radius 2 is 1.44 bits per heavy atom. The van der Waals surface area contributed by atoms with Crippen LogP contribution in [0.2, 0.25) is 0 Å². The van der Waals surface area contributed by atoms with Gasteiger partial charge in [-0.25, -0.2) is 4.79 Å². The van der Waals surface area contributed by atoms with Gasteiger partial charge in [-0.05, 0) is 67.7 Å². The van der Waals surface area contributed by atoms with Crippen molar-refractivity contribution in [3.05, 3.63) is 82.5 Å². The predicted molar refractivity (Wildman–Crippen MR) is 124 cm³/mol. The third-order valence-electron chi connectivity index (χ3n) is 5.41. The van der Waals surface area contributed by atoms with Crippen LogP contribution in [0.4, 0.5) is 0 Å². The van der Waals surface area contributed by atoms with Gasteiger partial charge in [0, 0.05) is 0 Å². The van der Waals surface area contributed by atoms with Gasteiger partial charge in [-0.3, -0.25) is 0 Å². The maximum absolute atomic E-state index is 12.3. The Labute approximate surface area is 189 Å². The summed E-state index contributed by atoms with van der Waals surface area (Å²) >= 11 is 0. The maximum atomic E-state index is 12.3. The number of rotatable bonds is 9. The lowest BCUT2D eigenvalue weighted by molar-refractivity contribution is -0.132. The van der Waals surface area contributed by atoms with Gasteiger partial charge < -0.3 is 19.0 Å². The molecule has 0 saturated heterocycles. The average Bonchev–Trinajstić information content (AvgIpc) is 2.82. The van der Waals surface area contributed by atoms with Crippen molar-refractivity contribution < 1.29 is 23.8 Å². The molecule has 0 N–H and O–H groups in total. The third kappa shape index (κ3) is 6.00. The van der Waals surface area contributed by atoms with Crippen LogP contribution in [0.1, 0.15) is 32.3 Å². The molecule has 0 aliphatic heterocycles. The van der Waals surface area contributed by atoms with E-state index in [1.54, 1.807) is 0 Å². The van der Waals surface area contributed by atoms with Crippen molar-refractivity contribution >= 4 is 11.7 Å². The summed E-state index contributed by atoms with van der Waals surface area (Å²) in [5.74, 6) is 0.969. The van der Waals surface area contributed by atoms with Crippen molar-refractivity contribution in [2.24, 2.45) is 5.16 Å². The summed E-state index contributed by atoms with van der Waals surface area (Å²) in [6.45, 7) is 5.00. The number of carbonyl (C=O) groups excluding carboxylic acids is 1. The van der Waals surface area contributed by atoms with Crippen molar-refractivity contribution in [1.82, 2.24) is 0 Å². The Hall–Kier alpha value is -3.54. The summed E-state index contributed by atoms with van der Waals surface area (Å²) in [5.41, 5.74) is 5.55. The molecule has 0 atom stereocenters. The smallest absolute Gasteiger partial charge is 0.360 e. The van der Waals surface area contributed by atoms with E-state index in [1.807, 2.05) is 54.6 Å². The lowest BCUT2D eigenvalue weighted by Gasteiger charge is -2.23. The van der Waals surface area contributed by atoms with Gasteiger partial charge in [0.05, 0.1) is 7.11 Å². The molecule has 6 heteroatoms. The van der Waals surface area contributed by atoms with E-state index in [0.29, 0.717) is 26.1 Å². The molecule has 3 rings (SSSR count). The minimum atomic E-state index is -0.522. The molecular weight excluding hydrogens is 406 g/mol. The lowest BCUT2D eigenvalue weighted by Crippen LogP contribution is -2.24. The van der Waals surface area contributed by atoms with Crippen molar-refractivity contribution in [3.8, 4) is 11.5 Å². The number of esters is 1. The highest BCUT2D eigenvalue weighted by Gasteiger charge is 2.26. The summed E-state index contributed by atoms with van der Waals surface area (Å²) in [6, 6.07) is 17.5. The number of carbonyl (C=O) groups is 1. The van der Waals surface area contributed by atoms with Crippen LogP contribution < -0.4 is 9.47 Å². The van der Waals surface area contributed by atoms with Crippen molar-refractivity contribution in [3.63, 3.8) is 0 Å². The Bertz CT molecular complexity index is 1020. The average molecular weight is 436 g/mol. The van der Waals surface area contributed by atoms with Crippen LogP contribution in [-0.4, -0.2) is 32.5 Å². The van der Waals surface area contributed by atoms with Gasteiger partial charge in [0.15, 0.2) is 5.71 Å². The highest BCUT2D eigenvalue weighted by Crippen LogP contribution is 2.31. The number of ether oxygens (including phenoxy) is 3. The highest BCUT2D eigenvalue weighted by molar-refractivity contribution is 6.43. The molecule has 1 aliphatic rings. The molecule has 0 bridgehead atoms. The summed E-state index contributed by atoms with van der Waals surface area (Å²) in [7, 11) is 2.75. The fraction of sp³-hybridized carbons (Fsp3) is 0.308. The molecule has 0 unspecified atom stereocenters. The van der Waals surface area contributed by atoms with E-state index in [-0.39, 0.29) is 5.71 Å². The Kier molecular flexibility index (Phi) is 8.08. The monoisotopic (exact) mass is 435 g/mol. The molecule has 0 heterocycles. The quantitative estimate of drug-likeness (QED) is 0.233. The second-order valence-corrected chi connectivity index (χ2v) is 7.64. The van der Waals surface area contributed by atoms with E-state index in [9.17, 15) is 4.79 Å². The first-order valence-corrected chi connectivity index (χ1v) is 10.5. The number of nitrogens with zero attached hydrogens (tertiary/aromatic N) is 1. The van der Waals surface area contributed by atoms with Crippen LogP contribution in [0.25, 0.3) is 0 Å². The van der Waals surface area contributed by atoms with Crippen LogP contribution in [0, 0.1) is 0 Å². The number of methoxy groups -OCH3 is 1. The van der Waals surface area contributed by atoms with Crippen LogP contribution in [0.15, 0.2) is 82.0 Å². The number of allylic oxidation sites excluding steroid dienone is 2. The minimum absolute atomic E-state index is 0.185. The summed E-state index contributed by atoms with van der Waals surface area (Å²) < 4.78 is 16.8. The predicted octanol–water partition coefficient (Wildman–Crippen LogP) is 5.25. The van der Waals surface area contributed by atoms with E-state index in [1.165, 1.54) is 25.4 Å². The van der Waals surface area contributed by atoms with Gasteiger partial charge >= 0.3 is 5.97 Å². The van der Waals surface area contributed by atoms with Gasteiger partial charge in [-0.15, -0.1) is 0 Å². The molecule has 32 heavy (non-hydrogen) atoms. The second kappa shape index (κ2) is 11.2. The van der Waals surface area contributed by atoms with Crippen molar-refractivity contribution in [2.75, 3.05) is 20.8 Å². The van der Waals surface area contributed by atoms with Gasteiger partial charge in [-0.1, -0.05) is 46.6 Å². The number of hydrogen-bond donors (Lipinski definition) is 0. The lowest BCUT2D eigenvalue weighted by atomic mass is 9.85. The minimum Gasteiger partial charge on any atom is -0.489 e. The zero-order valence-electron chi connectivity index (χ0n) is 19.0. The van der Waals surface area contributed by atoms with Crippen LogP contribution in [0.5, 0.6) is 11.5 Å². The summed E-state index contributed by atoms with van der Waals surface area (Å²) in [6.07, 6.45) is 1.31. The topological polar surface area (TPSA) is 66.4 Å². The third-order valence-corrected chi connectivity index (χ3v) is 5.41. The number of benzene rings is 2. The van der Waals surface area contributed by atoms with Crippen LogP contribution in [0.3, 0.4) is 0 Å². The molecule has 0 spiro atoms. The zero-order valence-corrected chi connectivity index (χ0v) is 19.0. The molecule has 0 amide bonds. The van der Waals surface area contributed by atoms with E-state index >= 15 is 0 Å². The summed E-state index contributed by atoms with van der Waals surface area (Å²) in [4.78, 5) is 17.2. The molecule has 2 aromatic rings.